The second-order valence-corrected chi connectivity index (χ2v) is 4.63. The number of nitrogens with zero attached hydrogens (tertiary/aromatic N) is 1. The van der Waals surface area contributed by atoms with Gasteiger partial charge in [-0.2, -0.15) is 0 Å². The van der Waals surface area contributed by atoms with E-state index in [4.69, 9.17) is 5.11 Å². The predicted molar refractivity (Wildman–Crippen MR) is 60.8 cm³/mol. The predicted octanol–water partition coefficient (Wildman–Crippen LogP) is 2.31. The fraction of sp³-hybridized carbons (Fsp3) is 0.417. The van der Waals surface area contributed by atoms with Crippen LogP contribution in [0.2, 0.25) is 0 Å². The van der Waals surface area contributed by atoms with Crippen LogP contribution < -0.4 is 0 Å². The molecule has 0 unspecified atom stereocenters. The van der Waals surface area contributed by atoms with Crippen LogP contribution in [0.15, 0.2) is 18.2 Å². The van der Waals surface area contributed by atoms with Crippen molar-refractivity contribution in [2.45, 2.75) is 26.2 Å². The first kappa shape index (κ1) is 11.6. The van der Waals surface area contributed by atoms with Crippen molar-refractivity contribution in [3.05, 3.63) is 39.4 Å². The Bertz CT molecular complexity index is 491. The first-order valence-electron chi connectivity index (χ1n) is 5.42. The number of carbonyl (C=O) groups is 1. The van der Waals surface area contributed by atoms with E-state index in [9.17, 15) is 14.9 Å². The summed E-state index contributed by atoms with van der Waals surface area (Å²) in [7, 11) is 0. The lowest BCUT2D eigenvalue weighted by Gasteiger charge is -2.11. The average molecular weight is 235 g/mol. The molecule has 0 heterocycles. The van der Waals surface area contributed by atoms with E-state index in [0.29, 0.717) is 19.3 Å². The fourth-order valence-electron chi connectivity index (χ4n) is 1.94. The Balaban J connectivity index is 2.29. The van der Waals surface area contributed by atoms with E-state index >= 15 is 0 Å². The molecule has 5 heteroatoms. The molecule has 1 aliphatic carbocycles. The summed E-state index contributed by atoms with van der Waals surface area (Å²) < 4.78 is 0. The monoisotopic (exact) mass is 235 g/mol. The fourth-order valence-corrected chi connectivity index (χ4v) is 1.94. The molecule has 2 rings (SSSR count). The molecule has 1 aromatic rings. The number of hydrogen-bond acceptors (Lipinski definition) is 3. The van der Waals surface area contributed by atoms with Gasteiger partial charge in [-0.15, -0.1) is 0 Å². The summed E-state index contributed by atoms with van der Waals surface area (Å²) in [5, 5.41) is 19.8. The molecule has 1 aliphatic rings. The summed E-state index contributed by atoms with van der Waals surface area (Å²) in [6.07, 6.45) is 1.70. The van der Waals surface area contributed by atoms with Gasteiger partial charge in [-0.3, -0.25) is 14.9 Å². The number of carboxylic acids is 1. The lowest BCUT2D eigenvalue weighted by atomic mass is 9.93. The highest BCUT2D eigenvalue weighted by Gasteiger charge is 2.50. The molecule has 1 aromatic carbocycles. The number of nitro benzene ring substituents is 1. The first-order valence-corrected chi connectivity index (χ1v) is 5.42. The molecule has 0 radical (unpaired) electrons. The minimum atomic E-state index is -0.802. The van der Waals surface area contributed by atoms with Crippen molar-refractivity contribution in [3.8, 4) is 0 Å². The van der Waals surface area contributed by atoms with Crippen molar-refractivity contribution in [1.82, 2.24) is 0 Å². The summed E-state index contributed by atoms with van der Waals surface area (Å²) in [6, 6.07) is 4.60. The Kier molecular flexibility index (Phi) is 2.61. The summed E-state index contributed by atoms with van der Waals surface area (Å²) in [6.45, 7) is 1.84. The third-order valence-electron chi connectivity index (χ3n) is 3.38. The highest BCUT2D eigenvalue weighted by Crippen LogP contribution is 2.49. The number of carboxylic acid groups (broad SMARTS) is 1. The molecule has 1 fully saturated rings. The molecule has 90 valence electrons. The minimum Gasteiger partial charge on any atom is -0.481 e. The zero-order chi connectivity index (χ0) is 12.6. The normalized spacial score (nSPS) is 16.5. The van der Waals surface area contributed by atoms with Gasteiger partial charge in [0.15, 0.2) is 0 Å². The third-order valence-corrected chi connectivity index (χ3v) is 3.38. The van der Waals surface area contributed by atoms with Crippen LogP contribution in [0.3, 0.4) is 0 Å². The van der Waals surface area contributed by atoms with Crippen LogP contribution >= 0.6 is 0 Å². The van der Waals surface area contributed by atoms with Gasteiger partial charge in [-0.05, 0) is 37.3 Å². The van der Waals surface area contributed by atoms with Crippen LogP contribution in [-0.4, -0.2) is 16.0 Å². The molecular weight excluding hydrogens is 222 g/mol. The molecule has 0 atom stereocenters. The molecular formula is C12H13NO4. The van der Waals surface area contributed by atoms with Gasteiger partial charge in [-0.1, -0.05) is 6.07 Å². The molecule has 17 heavy (non-hydrogen) atoms. The van der Waals surface area contributed by atoms with Gasteiger partial charge >= 0.3 is 5.97 Å². The number of non-ortho nitro benzene ring substituents is 1. The summed E-state index contributed by atoms with van der Waals surface area (Å²) >= 11 is 0. The van der Waals surface area contributed by atoms with Gasteiger partial charge in [0.25, 0.3) is 5.69 Å². The van der Waals surface area contributed by atoms with Gasteiger partial charge in [0.2, 0.25) is 0 Å². The molecule has 0 aromatic heterocycles. The Labute approximate surface area is 98.2 Å². The standard InChI is InChI=1S/C12H13NO4/c1-8-2-3-10(13(16)17)6-9(8)7-12(4-5-12)11(14)15/h2-3,6H,4-5,7H2,1H3,(H,14,15). The zero-order valence-electron chi connectivity index (χ0n) is 9.47. The SMILES string of the molecule is Cc1ccc([N+](=O)[O-])cc1CC1(C(=O)O)CC1. The maximum Gasteiger partial charge on any atom is 0.309 e. The quantitative estimate of drug-likeness (QED) is 0.641. The van der Waals surface area contributed by atoms with E-state index in [-0.39, 0.29) is 5.69 Å². The van der Waals surface area contributed by atoms with Gasteiger partial charge in [-0.25, -0.2) is 0 Å². The van der Waals surface area contributed by atoms with E-state index in [0.717, 1.165) is 11.1 Å². The van der Waals surface area contributed by atoms with E-state index < -0.39 is 16.3 Å². The number of aryl methyl sites for hydroxylation is 1. The smallest absolute Gasteiger partial charge is 0.309 e. The molecule has 5 nitrogen and oxygen atoms in total. The molecule has 0 bridgehead atoms. The summed E-state index contributed by atoms with van der Waals surface area (Å²) in [4.78, 5) is 21.3. The molecule has 0 aliphatic heterocycles. The second-order valence-electron chi connectivity index (χ2n) is 4.63. The van der Waals surface area contributed by atoms with Crippen molar-refractivity contribution in [2.24, 2.45) is 5.41 Å². The topological polar surface area (TPSA) is 80.4 Å². The van der Waals surface area contributed by atoms with Crippen molar-refractivity contribution in [1.29, 1.82) is 0 Å². The van der Waals surface area contributed by atoms with Gasteiger partial charge < -0.3 is 5.11 Å². The highest BCUT2D eigenvalue weighted by atomic mass is 16.6. The second kappa shape index (κ2) is 3.84. The molecule has 0 spiro atoms. The van der Waals surface area contributed by atoms with Gasteiger partial charge in [0.1, 0.15) is 0 Å². The van der Waals surface area contributed by atoms with Crippen LogP contribution in [0.1, 0.15) is 24.0 Å². The van der Waals surface area contributed by atoms with Crippen LogP contribution in [0.4, 0.5) is 5.69 Å². The largest absolute Gasteiger partial charge is 0.481 e. The van der Waals surface area contributed by atoms with Crippen molar-refractivity contribution in [3.63, 3.8) is 0 Å². The van der Waals surface area contributed by atoms with E-state index in [1.165, 1.54) is 12.1 Å². The highest BCUT2D eigenvalue weighted by molar-refractivity contribution is 5.78. The van der Waals surface area contributed by atoms with Crippen LogP contribution in [0.25, 0.3) is 0 Å². The van der Waals surface area contributed by atoms with Crippen LogP contribution in [0, 0.1) is 22.5 Å². The lowest BCUT2D eigenvalue weighted by molar-refractivity contribution is -0.384. The number of hydrogen-bond donors (Lipinski definition) is 1. The van der Waals surface area contributed by atoms with Gasteiger partial charge in [0.05, 0.1) is 10.3 Å². The molecule has 0 amide bonds. The zero-order valence-corrected chi connectivity index (χ0v) is 9.47. The molecule has 0 saturated heterocycles. The van der Waals surface area contributed by atoms with Crippen molar-refractivity contribution in [2.75, 3.05) is 0 Å². The van der Waals surface area contributed by atoms with Gasteiger partial charge in [0, 0.05) is 12.1 Å². The Hall–Kier alpha value is -1.91. The first-order chi connectivity index (χ1) is 7.94. The Morgan fingerprint density at radius 1 is 1.53 bits per heavy atom. The Morgan fingerprint density at radius 2 is 2.18 bits per heavy atom. The van der Waals surface area contributed by atoms with Crippen molar-refractivity contribution < 1.29 is 14.8 Å². The van der Waals surface area contributed by atoms with Crippen molar-refractivity contribution >= 4 is 11.7 Å². The number of benzene rings is 1. The summed E-state index contributed by atoms with van der Waals surface area (Å²) in [5.41, 5.74) is 1.01. The third kappa shape index (κ3) is 2.13. The lowest BCUT2D eigenvalue weighted by Crippen LogP contribution is -2.18. The molecule has 1 N–H and O–H groups in total. The minimum absolute atomic E-state index is 0.0202. The maximum absolute atomic E-state index is 11.1. The Morgan fingerprint density at radius 3 is 2.65 bits per heavy atom. The van der Waals surface area contributed by atoms with E-state index in [1.807, 2.05) is 6.92 Å². The van der Waals surface area contributed by atoms with Crippen LogP contribution in [0.5, 0.6) is 0 Å². The summed E-state index contributed by atoms with van der Waals surface area (Å²) in [5.74, 6) is -0.802. The number of aliphatic carboxylic acids is 1. The van der Waals surface area contributed by atoms with E-state index in [1.54, 1.807) is 6.07 Å². The molecule has 1 saturated carbocycles. The average Bonchev–Trinajstić information content (AvgIpc) is 3.02. The maximum atomic E-state index is 11.1. The number of rotatable bonds is 4. The van der Waals surface area contributed by atoms with Crippen LogP contribution in [-0.2, 0) is 11.2 Å². The van der Waals surface area contributed by atoms with E-state index in [2.05, 4.69) is 0 Å². The number of nitro groups is 1.